The lowest BCUT2D eigenvalue weighted by Gasteiger charge is -2.31. The van der Waals surface area contributed by atoms with Gasteiger partial charge >= 0.3 is 5.97 Å². The minimum Gasteiger partial charge on any atom is -0.432 e. The van der Waals surface area contributed by atoms with E-state index in [2.05, 4.69) is 25.6 Å². The lowest BCUT2D eigenvalue weighted by atomic mass is 9.84. The number of aliphatic hydroxyl groups is 2. The van der Waals surface area contributed by atoms with Gasteiger partial charge in [-0.1, -0.05) is 47.5 Å². The van der Waals surface area contributed by atoms with E-state index in [1.165, 1.54) is 26.2 Å². The molecule has 0 aromatic carbocycles. The van der Waals surface area contributed by atoms with E-state index in [1.807, 2.05) is 13.0 Å². The zero-order valence-electron chi connectivity index (χ0n) is 31.6. The number of rotatable bonds is 4. The third-order valence-electron chi connectivity index (χ3n) is 10.4. The summed E-state index contributed by atoms with van der Waals surface area (Å²) in [6, 6.07) is -1.57. The van der Waals surface area contributed by atoms with Crippen LogP contribution in [0.25, 0.3) is 0 Å². The van der Waals surface area contributed by atoms with Crippen LogP contribution in [0.1, 0.15) is 144 Å². The number of hydrogen-bond acceptors (Lipinski definition) is 11. The van der Waals surface area contributed by atoms with Crippen molar-refractivity contribution in [2.45, 2.75) is 175 Å². The second kappa shape index (κ2) is 24.7. The molecular formula is C37H64ClN3O10. The number of esters is 1. The standard InChI is InChI=1S/C9H14O2.C7H14ClNO.C7H13NO3.C7H11NO3.C7H12O/c1-7-4-3-5-9(6-7)11-8(2)10;1-5-3-2-4-6(10)7(5)9-8;2*1-5-3-2-4-6(9)7(5)8(10)11;1-6-3-2-4-7(8)5-6/h6-7H,3-5H2,1-2H3;5-7,9-10H,2-4H2,1H3;5-7,9H,2-4H2,1H3;5,7H,2-4H2,1H3;6H,2-5H2,1H3/t7-;2*5-,6-,7+;5-,7+;6-/m11111/s1. The highest BCUT2D eigenvalue weighted by atomic mass is 35.5. The second-order valence-corrected chi connectivity index (χ2v) is 15.5. The average molecular weight is 746 g/mol. The van der Waals surface area contributed by atoms with Crippen molar-refractivity contribution in [1.82, 2.24) is 4.84 Å². The summed E-state index contributed by atoms with van der Waals surface area (Å²) >= 11 is 5.46. The summed E-state index contributed by atoms with van der Waals surface area (Å²) in [6.07, 6.45) is 15.9. The topological polar surface area (TPSA) is 199 Å². The smallest absolute Gasteiger partial charge is 0.307 e. The molecule has 10 atom stereocenters. The first-order valence-electron chi connectivity index (χ1n) is 18.9. The fraction of sp³-hybridized carbons (Fsp3) is 0.865. The normalized spacial score (nSPS) is 33.4. The number of hydrogen-bond donors (Lipinski definition) is 3. The van der Waals surface area contributed by atoms with Gasteiger partial charge in [-0.25, -0.2) is 4.84 Å². The summed E-state index contributed by atoms with van der Waals surface area (Å²) in [6.45, 7) is 11.4. The number of aliphatic hydroxyl groups excluding tert-OH is 2. The van der Waals surface area contributed by atoms with Crippen molar-refractivity contribution >= 4 is 29.3 Å². The van der Waals surface area contributed by atoms with Gasteiger partial charge in [-0.2, -0.15) is 0 Å². The maximum atomic E-state index is 11.0. The number of ketones is 2. The van der Waals surface area contributed by atoms with Crippen LogP contribution in [0.15, 0.2) is 11.8 Å². The van der Waals surface area contributed by atoms with Gasteiger partial charge in [0.25, 0.3) is 6.04 Å². The van der Waals surface area contributed by atoms with Crippen LogP contribution in [0.3, 0.4) is 0 Å². The lowest BCUT2D eigenvalue weighted by molar-refractivity contribution is -0.546. The summed E-state index contributed by atoms with van der Waals surface area (Å²) in [5.74, 6) is 2.59. The Hall–Kier alpha value is -2.48. The Labute approximate surface area is 309 Å². The van der Waals surface area contributed by atoms with Crippen LogP contribution in [0.2, 0.25) is 0 Å². The predicted molar refractivity (Wildman–Crippen MR) is 196 cm³/mol. The molecule has 0 unspecified atom stereocenters. The summed E-state index contributed by atoms with van der Waals surface area (Å²) in [5.41, 5.74) is 0. The lowest BCUT2D eigenvalue weighted by Crippen LogP contribution is -2.43. The average Bonchev–Trinajstić information content (AvgIpc) is 3.02. The van der Waals surface area contributed by atoms with Crippen molar-refractivity contribution in [2.75, 3.05) is 0 Å². The van der Waals surface area contributed by atoms with Crippen molar-refractivity contribution in [3.8, 4) is 0 Å². The zero-order valence-corrected chi connectivity index (χ0v) is 32.4. The van der Waals surface area contributed by atoms with Gasteiger partial charge in [0, 0.05) is 54.3 Å². The Bertz CT molecular complexity index is 1120. The van der Waals surface area contributed by atoms with E-state index < -0.39 is 23.1 Å². The summed E-state index contributed by atoms with van der Waals surface area (Å²) in [4.78, 5) is 54.8. The van der Waals surface area contributed by atoms with E-state index in [1.54, 1.807) is 6.92 Å². The molecule has 0 saturated heterocycles. The van der Waals surface area contributed by atoms with Crippen LogP contribution >= 0.6 is 11.8 Å². The maximum absolute atomic E-state index is 11.0. The van der Waals surface area contributed by atoms with E-state index >= 15 is 0 Å². The molecule has 0 aromatic rings. The van der Waals surface area contributed by atoms with E-state index in [4.69, 9.17) is 16.5 Å². The Kier molecular flexibility index (Phi) is 22.5. The van der Waals surface area contributed by atoms with Crippen molar-refractivity contribution in [2.24, 2.45) is 29.6 Å². The monoisotopic (exact) mass is 745 g/mol. The molecule has 0 amide bonds. The fourth-order valence-electron chi connectivity index (χ4n) is 7.42. The van der Waals surface area contributed by atoms with E-state index in [-0.39, 0.29) is 40.7 Å². The quantitative estimate of drug-likeness (QED) is 0.114. The maximum Gasteiger partial charge on any atom is 0.307 e. The van der Waals surface area contributed by atoms with E-state index in [0.29, 0.717) is 36.4 Å². The molecule has 0 spiro atoms. The van der Waals surface area contributed by atoms with Crippen molar-refractivity contribution < 1.29 is 39.2 Å². The highest BCUT2D eigenvalue weighted by Crippen LogP contribution is 2.27. The number of nitrogens with zero attached hydrogens (tertiary/aromatic N) is 2. The molecule has 4 saturated carbocycles. The molecule has 3 N–H and O–H groups in total. The highest BCUT2D eigenvalue weighted by Gasteiger charge is 2.39. The first kappa shape index (κ1) is 46.5. The Morgan fingerprint density at radius 2 is 1.35 bits per heavy atom. The molecule has 0 aromatic heterocycles. The predicted octanol–water partition coefficient (Wildman–Crippen LogP) is 7.13. The minimum atomic E-state index is -0.927. The number of allylic oxidation sites excluding steroid dienone is 2. The molecule has 14 heteroatoms. The number of carbonyl (C=O) groups is 3. The van der Waals surface area contributed by atoms with Gasteiger partial charge < -0.3 is 14.9 Å². The van der Waals surface area contributed by atoms with Crippen LogP contribution < -0.4 is 4.84 Å². The van der Waals surface area contributed by atoms with Gasteiger partial charge in [-0.3, -0.25) is 34.6 Å². The van der Waals surface area contributed by atoms with Crippen molar-refractivity contribution in [3.05, 3.63) is 32.1 Å². The first-order chi connectivity index (χ1) is 24.0. The van der Waals surface area contributed by atoms with Gasteiger partial charge in [0.2, 0.25) is 11.8 Å². The zero-order chi connectivity index (χ0) is 38.7. The van der Waals surface area contributed by atoms with Crippen LogP contribution in [0.4, 0.5) is 0 Å². The van der Waals surface area contributed by atoms with Crippen LogP contribution in [0.5, 0.6) is 0 Å². The van der Waals surface area contributed by atoms with Crippen molar-refractivity contribution in [1.29, 1.82) is 0 Å². The molecule has 0 bridgehead atoms. The molecule has 5 rings (SSSR count). The number of halogens is 1. The molecule has 294 valence electrons. The third kappa shape index (κ3) is 18.2. The van der Waals surface area contributed by atoms with E-state index in [9.17, 15) is 44.8 Å². The number of nitro groups is 2. The van der Waals surface area contributed by atoms with Gasteiger partial charge in [0.15, 0.2) is 0 Å². The van der Waals surface area contributed by atoms with Gasteiger partial charge in [-0.15, -0.1) is 0 Å². The van der Waals surface area contributed by atoms with Crippen LogP contribution in [0, 0.1) is 49.8 Å². The molecule has 0 aliphatic heterocycles. The molecule has 4 fully saturated rings. The Morgan fingerprint density at radius 3 is 1.75 bits per heavy atom. The molecule has 5 aliphatic rings. The minimum absolute atomic E-state index is 0.0220. The summed E-state index contributed by atoms with van der Waals surface area (Å²) in [5, 5.41) is 39.4. The number of ether oxygens (including phenoxy) is 1. The molecule has 51 heavy (non-hydrogen) atoms. The number of carbonyl (C=O) groups excluding carboxylic acids is 3. The number of nitrogens with one attached hydrogen (secondary N) is 1. The first-order valence-corrected chi connectivity index (χ1v) is 19.3. The molecule has 0 heterocycles. The third-order valence-corrected chi connectivity index (χ3v) is 10.7. The van der Waals surface area contributed by atoms with Gasteiger partial charge in [-0.05, 0) is 99.8 Å². The summed E-state index contributed by atoms with van der Waals surface area (Å²) < 4.78 is 4.98. The van der Waals surface area contributed by atoms with Crippen LogP contribution in [-0.2, 0) is 19.1 Å². The Morgan fingerprint density at radius 1 is 0.784 bits per heavy atom. The molecular weight excluding hydrogens is 682 g/mol. The largest absolute Gasteiger partial charge is 0.432 e. The fourth-order valence-corrected chi connectivity index (χ4v) is 7.79. The highest BCUT2D eigenvalue weighted by molar-refractivity contribution is 6.13. The van der Waals surface area contributed by atoms with Gasteiger partial charge in [0.1, 0.15) is 17.6 Å². The SMILES string of the molecule is CC(=O)OC1=C[C@H](C)CCC1.C[C@@H]1CCCC(=O)C1.C[C@@H]1CCCC(=O)[C@H]1[N+](=O)[O-].C[C@@H]1CCC[C@@H](O)[C@H]1NCl.C[C@@H]1CCC[C@@H](O)[C@H]1[N+](=O)[O-]. The number of Topliss-reactive ketones (excluding diaryl/α,β-unsaturated/α-hetero) is 2. The van der Waals surface area contributed by atoms with E-state index in [0.717, 1.165) is 76.4 Å². The van der Waals surface area contributed by atoms with Gasteiger partial charge in [0.05, 0.1) is 12.1 Å². The Balaban J connectivity index is 0.000000320. The molecule has 5 aliphatic carbocycles. The second-order valence-electron chi connectivity index (χ2n) is 15.3. The molecule has 0 radical (unpaired) electrons. The molecule has 13 nitrogen and oxygen atoms in total. The van der Waals surface area contributed by atoms with Crippen LogP contribution in [-0.4, -0.2) is 67.9 Å². The summed E-state index contributed by atoms with van der Waals surface area (Å²) in [7, 11) is 0. The van der Waals surface area contributed by atoms with Crippen molar-refractivity contribution in [3.63, 3.8) is 0 Å².